The normalized spacial score (nSPS) is 11.4. The number of phenols is 1. The topological polar surface area (TPSA) is 158 Å². The van der Waals surface area contributed by atoms with Gasteiger partial charge < -0.3 is 5.11 Å². The molecule has 0 aliphatic carbocycles. The zero-order valence-electron chi connectivity index (χ0n) is 12.0. The Kier molecular flexibility index (Phi) is 7.84. The maximum Gasteiger partial charge on any atom is 0.296 e. The van der Waals surface area contributed by atoms with Gasteiger partial charge in [0.2, 0.25) is 0 Å². The smallest absolute Gasteiger partial charge is 0.296 e. The Labute approximate surface area is 175 Å². The van der Waals surface area contributed by atoms with Crippen molar-refractivity contribution in [1.29, 1.82) is 0 Å². The predicted molar refractivity (Wildman–Crippen MR) is 82.2 cm³/mol. The second kappa shape index (κ2) is 7.87. The van der Waals surface area contributed by atoms with Crippen LogP contribution in [0.25, 0.3) is 10.8 Å². The molecule has 0 spiro atoms. The Morgan fingerprint density at radius 1 is 0.913 bits per heavy atom. The summed E-state index contributed by atoms with van der Waals surface area (Å²) in [4.78, 5) is 9.11. The minimum Gasteiger partial charge on any atom is -0.505 e. The fourth-order valence-corrected chi connectivity index (χ4v) is 2.95. The number of phenolic OH excluding ortho intramolecular Hbond substituents is 1. The van der Waals surface area contributed by atoms with E-state index in [9.17, 15) is 26.8 Å². The summed E-state index contributed by atoms with van der Waals surface area (Å²) in [6.45, 7) is 0. The van der Waals surface area contributed by atoms with Crippen molar-refractivity contribution >= 4 is 95.8 Å². The van der Waals surface area contributed by atoms with Crippen molar-refractivity contribution in [2.75, 3.05) is 0 Å². The van der Waals surface area contributed by atoms with Gasteiger partial charge in [-0.25, -0.2) is 0 Å². The molecule has 2 aromatic rings. The van der Waals surface area contributed by atoms with Crippen molar-refractivity contribution in [3.63, 3.8) is 0 Å². The molecule has 0 atom stereocenters. The number of fused-ring (bicyclic) bond motifs is 1. The van der Waals surface area contributed by atoms with Gasteiger partial charge in [0.25, 0.3) is 20.2 Å². The molecule has 0 aromatic heterocycles. The summed E-state index contributed by atoms with van der Waals surface area (Å²) in [5, 5.41) is 11.9. The first-order chi connectivity index (χ1) is 9.55. The summed E-state index contributed by atoms with van der Waals surface area (Å²) in [7, 11) is -9.42. The van der Waals surface area contributed by atoms with Gasteiger partial charge in [-0.2, -0.15) is 16.8 Å². The van der Waals surface area contributed by atoms with E-state index in [0.29, 0.717) is 0 Å². The van der Waals surface area contributed by atoms with Crippen LogP contribution in [0.15, 0.2) is 39.2 Å². The number of hydrogen-bond donors (Lipinski definition) is 3. The van der Waals surface area contributed by atoms with E-state index in [0.717, 1.165) is 24.3 Å². The molecular weight excluding hydrogens is 372 g/mol. The number of aromatic hydroxyl groups is 1. The van der Waals surface area contributed by atoms with Crippen LogP contribution in [-0.2, 0) is 20.2 Å². The molecule has 0 fully saturated rings. The molecule has 0 saturated carbocycles. The summed E-state index contributed by atoms with van der Waals surface area (Å²) in [5.41, 5.74) is -0.899. The van der Waals surface area contributed by atoms with Crippen molar-refractivity contribution in [3.05, 3.63) is 29.2 Å². The monoisotopic (exact) mass is 379 g/mol. The predicted octanol–water partition coefficient (Wildman–Crippen LogP) is 0.675. The minimum atomic E-state index is -4.87. The van der Waals surface area contributed by atoms with Crippen LogP contribution in [-0.4, -0.2) is 90.2 Å². The summed E-state index contributed by atoms with van der Waals surface area (Å²) in [6, 6.07) is 3.62. The van der Waals surface area contributed by atoms with E-state index in [1.54, 1.807) is 0 Å². The van der Waals surface area contributed by atoms with E-state index < -0.39 is 41.5 Å². The molecule has 114 valence electrons. The minimum absolute atomic E-state index is 0. The molecule has 0 heterocycles. The average Bonchev–Trinajstić information content (AvgIpc) is 2.35. The molecule has 2 radical (unpaired) electrons. The van der Waals surface area contributed by atoms with E-state index in [4.69, 9.17) is 9.11 Å². The van der Waals surface area contributed by atoms with Crippen LogP contribution in [0, 0.1) is 4.91 Å². The van der Waals surface area contributed by atoms with Crippen LogP contribution >= 0.6 is 0 Å². The van der Waals surface area contributed by atoms with Crippen molar-refractivity contribution in [2.24, 2.45) is 5.18 Å². The van der Waals surface area contributed by atoms with Gasteiger partial charge in [-0.3, -0.25) is 9.11 Å². The molecule has 2 rings (SSSR count). The summed E-state index contributed by atoms with van der Waals surface area (Å²) >= 11 is 0. The van der Waals surface area contributed by atoms with Crippen molar-refractivity contribution in [3.8, 4) is 5.75 Å². The third kappa shape index (κ3) is 4.72. The van der Waals surface area contributed by atoms with Crippen LogP contribution in [0.4, 0.5) is 5.69 Å². The second-order valence-corrected chi connectivity index (χ2v) is 6.81. The maximum atomic E-state index is 11.2. The van der Waals surface area contributed by atoms with Crippen molar-refractivity contribution in [1.82, 2.24) is 0 Å². The molecule has 2 aromatic carbocycles. The second-order valence-electron chi connectivity index (χ2n) is 4.00. The quantitative estimate of drug-likeness (QED) is 0.399. The SMILES string of the molecule is O=Nc1c(S(=O)(=O)O)cc2cc(S(=O)(=O)O)ccc2c1O.[Na].[Na]. The van der Waals surface area contributed by atoms with Crippen LogP contribution in [0.3, 0.4) is 0 Å². The Morgan fingerprint density at radius 3 is 1.91 bits per heavy atom. The first kappa shape index (κ1) is 22.9. The third-order valence-corrected chi connectivity index (χ3v) is 4.41. The Bertz CT molecular complexity index is 972. The Hall–Kier alpha value is -0.0800. The van der Waals surface area contributed by atoms with E-state index >= 15 is 0 Å². The molecule has 0 bridgehead atoms. The van der Waals surface area contributed by atoms with Gasteiger partial charge >= 0.3 is 0 Å². The molecule has 23 heavy (non-hydrogen) atoms. The van der Waals surface area contributed by atoms with Crippen LogP contribution in [0.1, 0.15) is 0 Å². The molecule has 0 amide bonds. The van der Waals surface area contributed by atoms with Gasteiger partial charge in [0.05, 0.1) is 4.90 Å². The number of rotatable bonds is 3. The van der Waals surface area contributed by atoms with E-state index in [1.807, 2.05) is 0 Å². The van der Waals surface area contributed by atoms with Gasteiger partial charge in [0.1, 0.15) is 4.90 Å². The zero-order chi connectivity index (χ0) is 16.0. The van der Waals surface area contributed by atoms with Gasteiger partial charge in [0.15, 0.2) is 11.4 Å². The Morgan fingerprint density at radius 2 is 1.48 bits per heavy atom. The molecule has 3 N–H and O–H groups in total. The number of benzene rings is 2. The molecule has 0 aliphatic heterocycles. The number of nitroso groups, excluding NO2 is 1. The first-order valence-corrected chi connectivity index (χ1v) is 8.02. The summed E-state index contributed by atoms with van der Waals surface area (Å²) in [6.07, 6.45) is 0. The molecular formula is C10H7NNa2O8S2. The average molecular weight is 379 g/mol. The van der Waals surface area contributed by atoms with Crippen LogP contribution in [0.5, 0.6) is 5.75 Å². The molecule has 9 nitrogen and oxygen atoms in total. The zero-order valence-corrected chi connectivity index (χ0v) is 17.6. The summed E-state index contributed by atoms with van der Waals surface area (Å²) < 4.78 is 62.3. The van der Waals surface area contributed by atoms with Gasteiger partial charge in [-0.15, -0.1) is 4.91 Å². The number of hydrogen-bond acceptors (Lipinski definition) is 7. The largest absolute Gasteiger partial charge is 0.505 e. The molecule has 0 unspecified atom stereocenters. The molecule has 0 aliphatic rings. The van der Waals surface area contributed by atoms with Crippen molar-refractivity contribution in [2.45, 2.75) is 9.79 Å². The van der Waals surface area contributed by atoms with Gasteiger partial charge in [-0.05, 0) is 34.8 Å². The van der Waals surface area contributed by atoms with E-state index in [1.165, 1.54) is 0 Å². The van der Waals surface area contributed by atoms with Crippen LogP contribution in [0.2, 0.25) is 0 Å². The van der Waals surface area contributed by atoms with Crippen molar-refractivity contribution < 1.29 is 31.0 Å². The Balaban J connectivity index is 0.00000242. The van der Waals surface area contributed by atoms with Crippen LogP contribution < -0.4 is 0 Å². The fourth-order valence-electron chi connectivity index (χ4n) is 1.78. The van der Waals surface area contributed by atoms with E-state index in [-0.39, 0.29) is 69.9 Å². The number of nitrogens with zero attached hydrogens (tertiary/aromatic N) is 1. The maximum absolute atomic E-state index is 11.2. The third-order valence-electron chi connectivity index (χ3n) is 2.69. The first-order valence-electron chi connectivity index (χ1n) is 5.14. The molecule has 0 saturated heterocycles. The van der Waals surface area contributed by atoms with E-state index in [2.05, 4.69) is 5.18 Å². The van der Waals surface area contributed by atoms with Gasteiger partial charge in [-0.1, -0.05) is 0 Å². The summed E-state index contributed by atoms with van der Waals surface area (Å²) in [5.74, 6) is -0.836. The fraction of sp³-hybridized carbons (Fsp3) is 0. The standard InChI is InChI=1S/C10H7NO8S2.2Na/c12-10-7-2-1-6(20(14,15)16)3-5(7)4-8(9(10)11-13)21(17,18)19;;/h1-4,12H,(H,14,15,16)(H,17,18,19);;. The molecule has 13 heteroatoms. The van der Waals surface area contributed by atoms with Gasteiger partial charge in [0, 0.05) is 64.5 Å².